The van der Waals surface area contributed by atoms with E-state index >= 15 is 0 Å². The number of aromatic nitrogens is 2. The molecule has 0 radical (unpaired) electrons. The average molecular weight is 484 g/mol. The lowest BCUT2D eigenvalue weighted by atomic mass is 10.1. The second kappa shape index (κ2) is 14.6. The molecule has 0 saturated heterocycles. The zero-order valence-corrected chi connectivity index (χ0v) is 19.0. The molecule has 0 spiro atoms. The summed E-state index contributed by atoms with van der Waals surface area (Å²) in [6, 6.07) is -4.52. The van der Waals surface area contributed by atoms with Gasteiger partial charge in [0.05, 0.1) is 12.4 Å². The molecule has 34 heavy (non-hydrogen) atoms. The smallest absolute Gasteiger partial charge is 0.326 e. The van der Waals surface area contributed by atoms with Crippen LogP contribution >= 0.6 is 0 Å². The lowest BCUT2D eigenvalue weighted by molar-refractivity contribution is -0.142. The van der Waals surface area contributed by atoms with E-state index in [1.165, 1.54) is 19.4 Å². The third-order valence-electron chi connectivity index (χ3n) is 4.93. The van der Waals surface area contributed by atoms with Crippen LogP contribution in [0.2, 0.25) is 0 Å². The van der Waals surface area contributed by atoms with Gasteiger partial charge in [-0.25, -0.2) is 9.78 Å². The van der Waals surface area contributed by atoms with E-state index in [0.717, 1.165) is 0 Å². The first-order valence-electron chi connectivity index (χ1n) is 10.8. The number of carboxylic acid groups (broad SMARTS) is 2. The Kier molecular flexibility index (Phi) is 12.2. The van der Waals surface area contributed by atoms with Crippen LogP contribution in [-0.2, 0) is 30.4 Å². The molecule has 3 amide bonds. The normalized spacial score (nSPS) is 14.3. The number of carbonyl (C=O) groups excluding carboxylic acids is 3. The lowest BCUT2D eigenvalue weighted by Gasteiger charge is -2.23. The van der Waals surface area contributed by atoms with Crippen molar-refractivity contribution in [2.45, 2.75) is 69.6 Å². The Balaban J connectivity index is 2.74. The molecule has 0 fully saturated rings. The highest BCUT2D eigenvalue weighted by atomic mass is 16.4. The molecule has 0 aliphatic rings. The SMILES string of the molecule is CC(NC(=O)C(CCCCN)NC(=O)C(N)CCC(=O)O)C(=O)NC(Cc1cnc[nH]1)C(=O)O. The summed E-state index contributed by atoms with van der Waals surface area (Å²) < 4.78 is 0. The maximum atomic E-state index is 12.8. The first-order valence-corrected chi connectivity index (χ1v) is 10.8. The van der Waals surface area contributed by atoms with Gasteiger partial charge in [-0.3, -0.25) is 19.2 Å². The van der Waals surface area contributed by atoms with Gasteiger partial charge in [0.2, 0.25) is 17.7 Å². The molecular weight excluding hydrogens is 450 g/mol. The molecule has 0 aromatic carbocycles. The number of aromatic amines is 1. The van der Waals surface area contributed by atoms with Crippen molar-refractivity contribution in [1.29, 1.82) is 0 Å². The fourth-order valence-electron chi connectivity index (χ4n) is 2.94. The Morgan fingerprint density at radius 2 is 1.68 bits per heavy atom. The molecule has 1 aromatic heterocycles. The topological polar surface area (TPSA) is 243 Å². The number of carboxylic acids is 2. The van der Waals surface area contributed by atoms with Crippen LogP contribution in [0.1, 0.15) is 44.7 Å². The highest BCUT2D eigenvalue weighted by Crippen LogP contribution is 2.04. The van der Waals surface area contributed by atoms with Gasteiger partial charge in [-0.05, 0) is 39.2 Å². The number of hydrogen-bond donors (Lipinski definition) is 8. The molecule has 1 heterocycles. The molecule has 10 N–H and O–H groups in total. The number of carbonyl (C=O) groups is 5. The predicted octanol–water partition coefficient (Wildman–Crippen LogP) is -2.17. The number of H-pyrrole nitrogens is 1. The number of rotatable bonds is 16. The highest BCUT2D eigenvalue weighted by Gasteiger charge is 2.28. The number of imidazole rings is 1. The Hall–Kier alpha value is -3.52. The van der Waals surface area contributed by atoms with Crippen molar-refractivity contribution >= 4 is 29.7 Å². The summed E-state index contributed by atoms with van der Waals surface area (Å²) in [6.45, 7) is 1.76. The third-order valence-corrected chi connectivity index (χ3v) is 4.93. The zero-order chi connectivity index (χ0) is 25.7. The summed E-state index contributed by atoms with van der Waals surface area (Å²) in [6.07, 6.45) is 3.68. The molecule has 4 unspecified atom stereocenters. The fourth-order valence-corrected chi connectivity index (χ4v) is 2.94. The van der Waals surface area contributed by atoms with Crippen LogP contribution in [-0.4, -0.2) is 80.6 Å². The van der Waals surface area contributed by atoms with Gasteiger partial charge < -0.3 is 42.6 Å². The van der Waals surface area contributed by atoms with Crippen LogP contribution in [0.3, 0.4) is 0 Å². The monoisotopic (exact) mass is 483 g/mol. The lowest BCUT2D eigenvalue weighted by Crippen LogP contribution is -2.56. The molecule has 4 atom stereocenters. The second-order valence-corrected chi connectivity index (χ2v) is 7.80. The van der Waals surface area contributed by atoms with Gasteiger partial charge >= 0.3 is 11.9 Å². The van der Waals surface area contributed by atoms with E-state index in [-0.39, 0.29) is 25.7 Å². The van der Waals surface area contributed by atoms with Crippen LogP contribution < -0.4 is 27.4 Å². The molecule has 1 rings (SSSR count). The maximum Gasteiger partial charge on any atom is 0.326 e. The number of aliphatic carboxylic acids is 2. The second-order valence-electron chi connectivity index (χ2n) is 7.80. The third kappa shape index (κ3) is 10.4. The molecule has 0 aliphatic heterocycles. The van der Waals surface area contributed by atoms with Crippen LogP contribution in [0.5, 0.6) is 0 Å². The van der Waals surface area contributed by atoms with Gasteiger partial charge in [0.1, 0.15) is 18.1 Å². The first kappa shape index (κ1) is 28.5. The summed E-state index contributed by atoms with van der Waals surface area (Å²) in [5.74, 6) is -4.46. The minimum atomic E-state index is -1.26. The van der Waals surface area contributed by atoms with Crippen molar-refractivity contribution in [3.05, 3.63) is 18.2 Å². The molecule has 1 aromatic rings. The Morgan fingerprint density at radius 1 is 1.00 bits per heavy atom. The Labute approximate surface area is 196 Å². The first-order chi connectivity index (χ1) is 16.0. The van der Waals surface area contributed by atoms with E-state index in [2.05, 4.69) is 25.9 Å². The summed E-state index contributed by atoms with van der Waals surface area (Å²) in [4.78, 5) is 66.3. The van der Waals surface area contributed by atoms with Crippen molar-refractivity contribution in [3.63, 3.8) is 0 Å². The fraction of sp³-hybridized carbons (Fsp3) is 0.600. The van der Waals surface area contributed by atoms with E-state index in [9.17, 15) is 29.1 Å². The number of nitrogens with two attached hydrogens (primary N) is 2. The standard InChI is InChI=1S/C20H33N7O7/c1-11(17(30)27-15(20(33)34)8-12-9-23-10-24-12)25-19(32)14(4-2-3-7-21)26-18(31)13(22)5-6-16(28)29/h9-11,13-15H,2-8,21-22H2,1H3,(H,23,24)(H,25,32)(H,26,31)(H,27,30)(H,28,29)(H,33,34). The Bertz CT molecular complexity index is 831. The van der Waals surface area contributed by atoms with Crippen LogP contribution in [0.25, 0.3) is 0 Å². The molecule has 14 nitrogen and oxygen atoms in total. The van der Waals surface area contributed by atoms with E-state index < -0.39 is 53.8 Å². The van der Waals surface area contributed by atoms with Crippen LogP contribution in [0.4, 0.5) is 0 Å². The summed E-state index contributed by atoms with van der Waals surface area (Å²) in [5.41, 5.74) is 11.7. The average Bonchev–Trinajstić information content (AvgIpc) is 3.29. The van der Waals surface area contributed by atoms with Crippen LogP contribution in [0.15, 0.2) is 12.5 Å². The quantitative estimate of drug-likeness (QED) is 0.118. The maximum absolute atomic E-state index is 12.8. The van der Waals surface area contributed by atoms with Gasteiger partial charge in [0.15, 0.2) is 0 Å². The number of nitrogens with one attached hydrogen (secondary N) is 4. The Morgan fingerprint density at radius 3 is 2.24 bits per heavy atom. The highest BCUT2D eigenvalue weighted by molar-refractivity contribution is 5.94. The van der Waals surface area contributed by atoms with E-state index in [4.69, 9.17) is 16.6 Å². The van der Waals surface area contributed by atoms with Crippen molar-refractivity contribution in [3.8, 4) is 0 Å². The van der Waals surface area contributed by atoms with E-state index in [1.807, 2.05) is 0 Å². The number of nitrogens with zero attached hydrogens (tertiary/aromatic N) is 1. The van der Waals surface area contributed by atoms with E-state index in [1.54, 1.807) is 0 Å². The van der Waals surface area contributed by atoms with Gasteiger partial charge in [-0.15, -0.1) is 0 Å². The van der Waals surface area contributed by atoms with Gasteiger partial charge in [0, 0.05) is 24.7 Å². The van der Waals surface area contributed by atoms with E-state index in [0.29, 0.717) is 25.1 Å². The molecule has 190 valence electrons. The summed E-state index contributed by atoms with van der Waals surface area (Å²) in [5, 5.41) is 25.4. The van der Waals surface area contributed by atoms with Crippen molar-refractivity contribution in [1.82, 2.24) is 25.9 Å². The van der Waals surface area contributed by atoms with Gasteiger partial charge in [0.25, 0.3) is 0 Å². The molecule has 0 bridgehead atoms. The van der Waals surface area contributed by atoms with Crippen LogP contribution in [0, 0.1) is 0 Å². The minimum absolute atomic E-state index is 0.0340. The van der Waals surface area contributed by atoms with Gasteiger partial charge in [-0.2, -0.15) is 0 Å². The van der Waals surface area contributed by atoms with Crippen molar-refractivity contribution in [2.75, 3.05) is 6.54 Å². The molecular formula is C20H33N7O7. The molecule has 14 heteroatoms. The summed E-state index contributed by atoms with van der Waals surface area (Å²) in [7, 11) is 0. The van der Waals surface area contributed by atoms with Gasteiger partial charge in [-0.1, -0.05) is 0 Å². The zero-order valence-electron chi connectivity index (χ0n) is 19.0. The number of unbranched alkanes of at least 4 members (excludes halogenated alkanes) is 1. The molecule has 0 saturated carbocycles. The largest absolute Gasteiger partial charge is 0.481 e. The molecule has 0 aliphatic carbocycles. The van der Waals surface area contributed by atoms with Crippen molar-refractivity contribution in [2.24, 2.45) is 11.5 Å². The minimum Gasteiger partial charge on any atom is -0.481 e. The number of hydrogen-bond acceptors (Lipinski definition) is 8. The van der Waals surface area contributed by atoms with Crippen molar-refractivity contribution < 1.29 is 34.2 Å². The predicted molar refractivity (Wildman–Crippen MR) is 119 cm³/mol. The number of amides is 3. The summed E-state index contributed by atoms with van der Waals surface area (Å²) >= 11 is 0.